The maximum Gasteiger partial charge on any atom is 0.306 e. The summed E-state index contributed by atoms with van der Waals surface area (Å²) in [6.45, 7) is 4.40. The smallest absolute Gasteiger partial charge is 0.306 e. The molecule has 0 saturated carbocycles. The van der Waals surface area contributed by atoms with E-state index in [2.05, 4.69) is 35.6 Å². The zero-order valence-electron chi connectivity index (χ0n) is 13.3. The Hall–Kier alpha value is -1.61. The lowest BCUT2D eigenvalue weighted by Gasteiger charge is -2.39. The number of rotatable bonds is 4. The van der Waals surface area contributed by atoms with Gasteiger partial charge in [0.05, 0.1) is 6.61 Å². The van der Waals surface area contributed by atoms with E-state index in [9.17, 15) is 4.79 Å². The maximum atomic E-state index is 11.9. The summed E-state index contributed by atoms with van der Waals surface area (Å²) >= 11 is 0. The number of benzene rings is 1. The van der Waals surface area contributed by atoms with Crippen molar-refractivity contribution >= 4 is 11.5 Å². The van der Waals surface area contributed by atoms with Crippen LogP contribution in [0.15, 0.2) is 35.9 Å². The zero-order valence-corrected chi connectivity index (χ0v) is 13.3. The van der Waals surface area contributed by atoms with Crippen LogP contribution in [0.3, 0.4) is 0 Å². The highest BCUT2D eigenvalue weighted by molar-refractivity contribution is 5.72. The molecule has 3 nitrogen and oxygen atoms in total. The van der Waals surface area contributed by atoms with Crippen LogP contribution >= 0.6 is 0 Å². The maximum absolute atomic E-state index is 11.9. The van der Waals surface area contributed by atoms with Crippen molar-refractivity contribution in [1.82, 2.24) is 5.32 Å². The van der Waals surface area contributed by atoms with Crippen molar-refractivity contribution in [3.05, 3.63) is 41.5 Å². The van der Waals surface area contributed by atoms with Crippen LogP contribution in [0.4, 0.5) is 0 Å². The lowest BCUT2D eigenvalue weighted by Crippen LogP contribution is -2.39. The van der Waals surface area contributed by atoms with Gasteiger partial charge >= 0.3 is 5.97 Å². The minimum atomic E-state index is -0.0411. The minimum Gasteiger partial charge on any atom is -0.466 e. The second kappa shape index (κ2) is 7.10. The van der Waals surface area contributed by atoms with Crippen molar-refractivity contribution in [1.29, 1.82) is 0 Å². The molecular weight excluding hydrogens is 274 g/mol. The molecule has 1 aliphatic heterocycles. The molecule has 1 heterocycles. The summed E-state index contributed by atoms with van der Waals surface area (Å²) in [5, 5.41) is 3.50. The summed E-state index contributed by atoms with van der Waals surface area (Å²) in [7, 11) is 0. The molecule has 0 aromatic heterocycles. The Kier molecular flexibility index (Phi) is 4.94. The predicted octanol–water partition coefficient (Wildman–Crippen LogP) is 3.41. The van der Waals surface area contributed by atoms with Gasteiger partial charge in [0.2, 0.25) is 0 Å². The van der Waals surface area contributed by atoms with Crippen molar-refractivity contribution in [2.45, 2.75) is 32.6 Å². The fraction of sp³-hybridized carbons (Fsp3) is 0.526. The SMILES string of the molecule is CCOC(=O)CC1CCC(c2ccccc2)=C2CCNCC21. The van der Waals surface area contributed by atoms with Gasteiger partial charge in [-0.25, -0.2) is 0 Å². The normalized spacial score (nSPS) is 24.8. The molecule has 22 heavy (non-hydrogen) atoms. The number of fused-ring (bicyclic) bond motifs is 1. The van der Waals surface area contributed by atoms with E-state index < -0.39 is 0 Å². The predicted molar refractivity (Wildman–Crippen MR) is 88.3 cm³/mol. The minimum absolute atomic E-state index is 0.0411. The van der Waals surface area contributed by atoms with Gasteiger partial charge in [0.15, 0.2) is 0 Å². The van der Waals surface area contributed by atoms with E-state index in [1.165, 1.54) is 11.1 Å². The van der Waals surface area contributed by atoms with Crippen LogP contribution in [0.5, 0.6) is 0 Å². The lowest BCUT2D eigenvalue weighted by molar-refractivity contribution is -0.144. The highest BCUT2D eigenvalue weighted by Gasteiger charge is 2.34. The van der Waals surface area contributed by atoms with Gasteiger partial charge in [0, 0.05) is 13.0 Å². The van der Waals surface area contributed by atoms with Crippen molar-refractivity contribution in [2.75, 3.05) is 19.7 Å². The summed E-state index contributed by atoms with van der Waals surface area (Å²) in [5.41, 5.74) is 4.46. The summed E-state index contributed by atoms with van der Waals surface area (Å²) in [6, 6.07) is 10.7. The molecule has 2 atom stereocenters. The van der Waals surface area contributed by atoms with Gasteiger partial charge in [-0.2, -0.15) is 0 Å². The molecule has 118 valence electrons. The number of hydrogen-bond acceptors (Lipinski definition) is 3. The van der Waals surface area contributed by atoms with Gasteiger partial charge in [0.1, 0.15) is 0 Å². The highest BCUT2D eigenvalue weighted by atomic mass is 16.5. The highest BCUT2D eigenvalue weighted by Crippen LogP contribution is 2.43. The van der Waals surface area contributed by atoms with Gasteiger partial charge in [-0.05, 0) is 55.7 Å². The van der Waals surface area contributed by atoms with E-state index in [4.69, 9.17) is 4.74 Å². The van der Waals surface area contributed by atoms with Gasteiger partial charge in [-0.1, -0.05) is 35.9 Å². The van der Waals surface area contributed by atoms with Crippen LogP contribution in [0.1, 0.15) is 38.2 Å². The average Bonchev–Trinajstić information content (AvgIpc) is 2.56. The van der Waals surface area contributed by atoms with Crippen molar-refractivity contribution in [3.8, 4) is 0 Å². The topological polar surface area (TPSA) is 38.3 Å². The lowest BCUT2D eigenvalue weighted by atomic mass is 9.70. The first-order chi connectivity index (χ1) is 10.8. The van der Waals surface area contributed by atoms with Crippen LogP contribution in [0, 0.1) is 11.8 Å². The molecule has 3 rings (SSSR count). The monoisotopic (exact) mass is 299 g/mol. The number of nitrogens with one attached hydrogen (secondary N) is 1. The summed E-state index contributed by atoms with van der Waals surface area (Å²) < 4.78 is 5.16. The number of carbonyl (C=O) groups excluding carboxylic acids is 1. The average molecular weight is 299 g/mol. The Balaban J connectivity index is 1.84. The summed E-state index contributed by atoms with van der Waals surface area (Å²) in [6.07, 6.45) is 3.83. The van der Waals surface area contributed by atoms with Crippen LogP contribution in [0.2, 0.25) is 0 Å². The molecule has 1 fully saturated rings. The first-order valence-electron chi connectivity index (χ1n) is 8.43. The second-order valence-electron chi connectivity index (χ2n) is 6.24. The molecule has 1 saturated heterocycles. The van der Waals surface area contributed by atoms with E-state index in [0.29, 0.717) is 24.9 Å². The first-order valence-corrected chi connectivity index (χ1v) is 8.43. The van der Waals surface area contributed by atoms with E-state index in [1.54, 1.807) is 5.57 Å². The third-order valence-electron chi connectivity index (χ3n) is 4.96. The first kappa shape index (κ1) is 15.3. The Labute approximate surface area is 132 Å². The molecule has 1 aromatic rings. The van der Waals surface area contributed by atoms with Crippen molar-refractivity contribution in [3.63, 3.8) is 0 Å². The third-order valence-corrected chi connectivity index (χ3v) is 4.96. The molecule has 2 unspecified atom stereocenters. The van der Waals surface area contributed by atoms with Crippen molar-refractivity contribution in [2.24, 2.45) is 11.8 Å². The quantitative estimate of drug-likeness (QED) is 0.866. The number of esters is 1. The molecular formula is C19H25NO2. The number of carbonyl (C=O) groups is 1. The third kappa shape index (κ3) is 3.25. The molecule has 1 N–H and O–H groups in total. The number of piperidine rings is 1. The largest absolute Gasteiger partial charge is 0.466 e. The van der Waals surface area contributed by atoms with Gasteiger partial charge in [-0.3, -0.25) is 4.79 Å². The summed E-state index contributed by atoms with van der Waals surface area (Å²) in [4.78, 5) is 11.9. The molecule has 0 amide bonds. The molecule has 1 aromatic carbocycles. The van der Waals surface area contributed by atoms with E-state index in [-0.39, 0.29) is 5.97 Å². The summed E-state index contributed by atoms with van der Waals surface area (Å²) in [5.74, 6) is 0.872. The van der Waals surface area contributed by atoms with Crippen LogP contribution in [-0.4, -0.2) is 25.7 Å². The van der Waals surface area contributed by atoms with E-state index in [0.717, 1.165) is 32.4 Å². The molecule has 0 spiro atoms. The molecule has 0 bridgehead atoms. The Morgan fingerprint density at radius 2 is 2.09 bits per heavy atom. The molecule has 1 aliphatic carbocycles. The van der Waals surface area contributed by atoms with Gasteiger partial charge in [0.25, 0.3) is 0 Å². The van der Waals surface area contributed by atoms with E-state index >= 15 is 0 Å². The van der Waals surface area contributed by atoms with Crippen LogP contribution in [0.25, 0.3) is 5.57 Å². The van der Waals surface area contributed by atoms with Gasteiger partial charge in [-0.15, -0.1) is 0 Å². The van der Waals surface area contributed by atoms with Crippen LogP contribution < -0.4 is 5.32 Å². The number of ether oxygens (including phenoxy) is 1. The Bertz CT molecular complexity index is 550. The van der Waals surface area contributed by atoms with Gasteiger partial charge < -0.3 is 10.1 Å². The second-order valence-corrected chi connectivity index (χ2v) is 6.24. The van der Waals surface area contributed by atoms with E-state index in [1.807, 2.05) is 6.92 Å². The standard InChI is InChI=1S/C19H25NO2/c1-2-22-19(21)12-15-8-9-16(14-6-4-3-5-7-14)17-10-11-20-13-18(15)17/h3-7,15,18,20H,2,8-13H2,1H3. The molecule has 2 aliphatic rings. The Morgan fingerprint density at radius 1 is 1.27 bits per heavy atom. The van der Waals surface area contributed by atoms with Crippen molar-refractivity contribution < 1.29 is 9.53 Å². The Morgan fingerprint density at radius 3 is 2.86 bits per heavy atom. The zero-order chi connectivity index (χ0) is 15.4. The number of allylic oxidation sites excluding steroid dienone is 1. The fourth-order valence-electron chi connectivity index (χ4n) is 3.95. The number of hydrogen-bond donors (Lipinski definition) is 1. The molecule has 0 radical (unpaired) electrons. The molecule has 3 heteroatoms. The fourth-order valence-corrected chi connectivity index (χ4v) is 3.95. The van der Waals surface area contributed by atoms with Crippen LogP contribution in [-0.2, 0) is 9.53 Å².